The summed E-state index contributed by atoms with van der Waals surface area (Å²) in [5.74, 6) is -0.362. The van der Waals surface area contributed by atoms with Crippen molar-refractivity contribution in [3.05, 3.63) is 89.7 Å². The van der Waals surface area contributed by atoms with E-state index in [0.29, 0.717) is 31.2 Å². The second kappa shape index (κ2) is 11.9. The van der Waals surface area contributed by atoms with E-state index in [1.807, 2.05) is 68.4 Å². The molecule has 0 bridgehead atoms. The Bertz CT molecular complexity index is 1670. The summed E-state index contributed by atoms with van der Waals surface area (Å²) in [6, 6.07) is 21.4. The molecule has 0 aliphatic heterocycles. The predicted octanol–water partition coefficient (Wildman–Crippen LogP) is 5.38. The Morgan fingerprint density at radius 3 is 2.21 bits per heavy atom. The molecule has 0 saturated heterocycles. The Kier molecular flexibility index (Phi) is 8.46. The first-order chi connectivity index (χ1) is 19.9. The van der Waals surface area contributed by atoms with Crippen LogP contribution in [0.25, 0.3) is 22.2 Å². The van der Waals surface area contributed by atoms with Crippen molar-refractivity contribution >= 4 is 26.8 Å². The molecule has 2 heterocycles. The number of fused-ring (bicyclic) bond motifs is 1. The molecule has 0 spiro atoms. The van der Waals surface area contributed by atoms with Gasteiger partial charge in [0.2, 0.25) is 15.9 Å². The van der Waals surface area contributed by atoms with Crippen molar-refractivity contribution in [1.29, 1.82) is 0 Å². The molecular formula is C33H38N4O4S. The number of carbonyl (C=O) groups is 1. The highest BCUT2D eigenvalue weighted by atomic mass is 32.2. The molecule has 220 valence electrons. The fraction of sp³-hybridized carbons (Fsp3) is 0.364. The Balaban J connectivity index is 1.22. The zero-order valence-electron chi connectivity index (χ0n) is 24.5. The van der Waals surface area contributed by atoms with Crippen molar-refractivity contribution in [1.82, 2.24) is 20.0 Å². The molecule has 8 nitrogen and oxygen atoms in total. The number of pyridine rings is 2. The third-order valence-corrected chi connectivity index (χ3v) is 9.41. The molecule has 9 heteroatoms. The molecule has 1 atom stereocenters. The summed E-state index contributed by atoms with van der Waals surface area (Å²) in [5, 5.41) is 14.5. The number of carbonyl (C=O) groups excluding carboxylic acids is 1. The minimum atomic E-state index is -3.76. The number of nitrogens with zero attached hydrogens (tertiary/aromatic N) is 2. The van der Waals surface area contributed by atoms with Gasteiger partial charge in [-0.25, -0.2) is 18.1 Å². The molecule has 1 saturated carbocycles. The van der Waals surface area contributed by atoms with E-state index in [1.54, 1.807) is 32.0 Å². The van der Waals surface area contributed by atoms with Crippen LogP contribution in [0.1, 0.15) is 62.5 Å². The van der Waals surface area contributed by atoms with Crippen molar-refractivity contribution in [2.45, 2.75) is 76.0 Å². The number of aromatic nitrogens is 2. The average Bonchev–Trinajstić information content (AvgIpc) is 2.94. The van der Waals surface area contributed by atoms with E-state index in [4.69, 9.17) is 4.98 Å². The largest absolute Gasteiger partial charge is 0.388 e. The Morgan fingerprint density at radius 1 is 0.905 bits per heavy atom. The Hall–Kier alpha value is -3.66. The van der Waals surface area contributed by atoms with Gasteiger partial charge in [0.25, 0.3) is 0 Å². The summed E-state index contributed by atoms with van der Waals surface area (Å²) in [4.78, 5) is 22.5. The summed E-state index contributed by atoms with van der Waals surface area (Å²) >= 11 is 0. The zero-order valence-corrected chi connectivity index (χ0v) is 25.3. The second-order valence-electron chi connectivity index (χ2n) is 11.9. The number of sulfonamides is 1. The molecule has 2 aromatic carbocycles. The van der Waals surface area contributed by atoms with E-state index in [9.17, 15) is 18.3 Å². The lowest BCUT2D eigenvalue weighted by Gasteiger charge is -2.34. The van der Waals surface area contributed by atoms with Gasteiger partial charge in [0.05, 0.1) is 27.7 Å². The number of rotatable bonds is 8. The smallest absolute Gasteiger partial charge is 0.240 e. The fourth-order valence-corrected chi connectivity index (χ4v) is 7.09. The maximum atomic E-state index is 13.3. The van der Waals surface area contributed by atoms with Gasteiger partial charge >= 0.3 is 0 Å². The van der Waals surface area contributed by atoms with E-state index in [-0.39, 0.29) is 22.8 Å². The average molecular weight is 587 g/mol. The molecule has 42 heavy (non-hydrogen) atoms. The van der Waals surface area contributed by atoms with Gasteiger partial charge in [-0.1, -0.05) is 36.4 Å². The molecular weight excluding hydrogens is 548 g/mol. The van der Waals surface area contributed by atoms with Crippen LogP contribution in [0.5, 0.6) is 0 Å². The lowest BCUT2D eigenvalue weighted by atomic mass is 9.84. The standard InChI is InChI=1S/C33H38N4O4S/c1-21-18-26(19-22(2)34-21)30-16-12-25-20-28(15-17-29(25)35-30)42(40,41)37-27-13-10-24(11-14-27)32(38)36-31(33(3,4)39)23-8-6-5-7-9-23/h5-9,12,15-20,24,27,31,37,39H,10-11,13-14H2,1-4H3,(H,36,38)/t24-,27-,31?. The van der Waals surface area contributed by atoms with E-state index in [0.717, 1.165) is 33.6 Å². The molecule has 1 aliphatic carbocycles. The molecule has 2 aromatic heterocycles. The Labute approximate surface area is 247 Å². The molecule has 0 radical (unpaired) electrons. The second-order valence-corrected chi connectivity index (χ2v) is 13.6. The lowest BCUT2D eigenvalue weighted by molar-refractivity contribution is -0.128. The van der Waals surface area contributed by atoms with Gasteiger partial charge in [-0.15, -0.1) is 0 Å². The quantitative estimate of drug-likeness (QED) is 0.255. The normalized spacial score (nSPS) is 18.5. The van der Waals surface area contributed by atoms with Gasteiger partial charge in [0, 0.05) is 34.3 Å². The van der Waals surface area contributed by atoms with Crippen LogP contribution in [0.15, 0.2) is 77.7 Å². The third kappa shape index (κ3) is 6.86. The van der Waals surface area contributed by atoms with Crippen molar-refractivity contribution in [2.75, 3.05) is 0 Å². The summed E-state index contributed by atoms with van der Waals surface area (Å²) in [6.07, 6.45) is 2.23. The van der Waals surface area contributed by atoms with Gasteiger partial charge in [0.15, 0.2) is 0 Å². The van der Waals surface area contributed by atoms with Crippen molar-refractivity contribution in [3.63, 3.8) is 0 Å². The SMILES string of the molecule is Cc1cc(-c2ccc3cc(S(=O)(=O)N[C@H]4CC[C@H](C(=O)NC(c5ccccc5)C(C)(C)O)CC4)ccc3n2)cc(C)n1. The van der Waals surface area contributed by atoms with Gasteiger partial charge in [-0.2, -0.15) is 0 Å². The first-order valence-corrected chi connectivity index (χ1v) is 15.8. The van der Waals surface area contributed by atoms with Crippen LogP contribution in [-0.2, 0) is 14.8 Å². The minimum Gasteiger partial charge on any atom is -0.388 e. The summed E-state index contributed by atoms with van der Waals surface area (Å²) in [6.45, 7) is 7.26. The van der Waals surface area contributed by atoms with Crippen LogP contribution >= 0.6 is 0 Å². The van der Waals surface area contributed by atoms with Crippen LogP contribution in [0.4, 0.5) is 0 Å². The van der Waals surface area contributed by atoms with Gasteiger partial charge in [-0.05, 0) is 95.3 Å². The number of amides is 1. The van der Waals surface area contributed by atoms with Gasteiger partial charge in [0.1, 0.15) is 0 Å². The molecule has 5 rings (SSSR count). The maximum absolute atomic E-state index is 13.3. The van der Waals surface area contributed by atoms with Gasteiger partial charge in [-0.3, -0.25) is 9.78 Å². The number of hydrogen-bond donors (Lipinski definition) is 3. The number of hydrogen-bond acceptors (Lipinski definition) is 6. The number of nitrogens with one attached hydrogen (secondary N) is 2. The molecule has 1 fully saturated rings. The summed E-state index contributed by atoms with van der Waals surface area (Å²) in [5.41, 5.74) is 4.02. The molecule has 3 N–H and O–H groups in total. The first kappa shape index (κ1) is 29.8. The van der Waals surface area contributed by atoms with Crippen LogP contribution in [-0.4, -0.2) is 41.0 Å². The van der Waals surface area contributed by atoms with Crippen molar-refractivity contribution in [2.24, 2.45) is 5.92 Å². The van der Waals surface area contributed by atoms with E-state index >= 15 is 0 Å². The number of aliphatic hydroxyl groups is 1. The first-order valence-electron chi connectivity index (χ1n) is 14.4. The summed E-state index contributed by atoms with van der Waals surface area (Å²) in [7, 11) is -3.76. The number of benzene rings is 2. The fourth-order valence-electron chi connectivity index (χ4n) is 5.75. The van der Waals surface area contributed by atoms with Crippen LogP contribution < -0.4 is 10.0 Å². The highest BCUT2D eigenvalue weighted by molar-refractivity contribution is 7.89. The van der Waals surface area contributed by atoms with Gasteiger partial charge < -0.3 is 10.4 Å². The maximum Gasteiger partial charge on any atom is 0.240 e. The highest BCUT2D eigenvalue weighted by Gasteiger charge is 2.34. The number of aryl methyl sites for hydroxylation is 2. The molecule has 1 unspecified atom stereocenters. The lowest BCUT2D eigenvalue weighted by Crippen LogP contribution is -2.46. The molecule has 1 aliphatic rings. The topological polar surface area (TPSA) is 121 Å². The summed E-state index contributed by atoms with van der Waals surface area (Å²) < 4.78 is 29.4. The minimum absolute atomic E-state index is 0.120. The van der Waals surface area contributed by atoms with Crippen molar-refractivity contribution in [3.8, 4) is 11.3 Å². The van der Waals surface area contributed by atoms with E-state index in [2.05, 4.69) is 15.0 Å². The zero-order chi connectivity index (χ0) is 30.1. The van der Waals surface area contributed by atoms with Crippen molar-refractivity contribution < 1.29 is 18.3 Å². The molecule has 1 amide bonds. The van der Waals surface area contributed by atoms with Crippen LogP contribution in [0.3, 0.4) is 0 Å². The van der Waals surface area contributed by atoms with E-state index < -0.39 is 21.7 Å². The predicted molar refractivity (Wildman–Crippen MR) is 164 cm³/mol. The monoisotopic (exact) mass is 586 g/mol. The molecule has 4 aromatic rings. The van der Waals surface area contributed by atoms with Crippen LogP contribution in [0.2, 0.25) is 0 Å². The Morgan fingerprint density at radius 2 is 1.57 bits per heavy atom. The third-order valence-electron chi connectivity index (χ3n) is 7.89. The highest BCUT2D eigenvalue weighted by Crippen LogP contribution is 2.30. The van der Waals surface area contributed by atoms with E-state index in [1.165, 1.54) is 0 Å². The van der Waals surface area contributed by atoms with Crippen LogP contribution in [0, 0.1) is 19.8 Å².